The monoisotopic (exact) mass is 436 g/mol. The fourth-order valence-electron chi connectivity index (χ4n) is 5.20. The summed E-state index contributed by atoms with van der Waals surface area (Å²) in [6.07, 6.45) is 6.18. The Kier molecular flexibility index (Phi) is 9.10. The van der Waals surface area contributed by atoms with Crippen LogP contribution in [-0.2, 0) is 19.1 Å². The minimum Gasteiger partial charge on any atom is -0.466 e. The second kappa shape index (κ2) is 11.1. The number of fused-ring (bicyclic) bond motifs is 1. The smallest absolute Gasteiger partial charge is 0.310 e. The van der Waals surface area contributed by atoms with Crippen LogP contribution in [0.4, 0.5) is 0 Å². The van der Waals surface area contributed by atoms with Crippen molar-refractivity contribution in [3.8, 4) is 0 Å². The van der Waals surface area contributed by atoms with Crippen molar-refractivity contribution in [2.75, 3.05) is 13.2 Å². The summed E-state index contributed by atoms with van der Waals surface area (Å²) in [5, 5.41) is 13.1. The Balaban J connectivity index is 2.54. The third-order valence-electron chi connectivity index (χ3n) is 6.28. The lowest BCUT2D eigenvalue weighted by atomic mass is 9.69. The minimum atomic E-state index is -0.744. The lowest BCUT2D eigenvalue weighted by molar-refractivity contribution is -0.156. The number of esters is 1. The number of likely N-dealkylation sites (tertiary alicyclic amines) is 1. The molecule has 1 fully saturated rings. The Bertz CT molecular complexity index is 675. The molecule has 0 saturated carbocycles. The van der Waals surface area contributed by atoms with Crippen molar-refractivity contribution >= 4 is 17.8 Å². The number of nitrogens with zero attached hydrogens (tertiary/aromatic N) is 1. The van der Waals surface area contributed by atoms with Crippen molar-refractivity contribution in [2.45, 2.75) is 78.9 Å². The van der Waals surface area contributed by atoms with Crippen molar-refractivity contribution in [1.29, 1.82) is 0 Å². The van der Waals surface area contributed by atoms with Gasteiger partial charge in [-0.1, -0.05) is 39.3 Å². The zero-order valence-corrected chi connectivity index (χ0v) is 19.8. The average Bonchev–Trinajstić information content (AvgIpc) is 2.98. The van der Waals surface area contributed by atoms with Crippen LogP contribution in [0.2, 0.25) is 0 Å². The molecule has 0 aromatic heterocycles. The van der Waals surface area contributed by atoms with Crippen LogP contribution in [0.15, 0.2) is 12.2 Å². The normalized spacial score (nSPS) is 28.7. The van der Waals surface area contributed by atoms with Gasteiger partial charge in [0.15, 0.2) is 0 Å². The Hall–Kier alpha value is -1.89. The highest BCUT2D eigenvalue weighted by Crippen LogP contribution is 2.46. The maximum Gasteiger partial charge on any atom is 0.310 e. The number of aliphatic hydroxyl groups excluding tert-OH is 1. The van der Waals surface area contributed by atoms with Gasteiger partial charge in [-0.25, -0.2) is 0 Å². The Morgan fingerprint density at radius 1 is 1.19 bits per heavy atom. The van der Waals surface area contributed by atoms with E-state index in [1.165, 1.54) is 0 Å². The van der Waals surface area contributed by atoms with Crippen LogP contribution in [0.25, 0.3) is 0 Å². The topological polar surface area (TPSA) is 95.9 Å². The number of amides is 2. The Morgan fingerprint density at radius 2 is 1.87 bits per heavy atom. The molecule has 6 atom stereocenters. The third kappa shape index (κ3) is 5.48. The van der Waals surface area contributed by atoms with Crippen LogP contribution in [0.3, 0.4) is 0 Å². The van der Waals surface area contributed by atoms with Crippen molar-refractivity contribution in [3.05, 3.63) is 12.2 Å². The molecule has 7 heteroatoms. The van der Waals surface area contributed by atoms with Gasteiger partial charge in [-0.2, -0.15) is 0 Å². The predicted molar refractivity (Wildman–Crippen MR) is 119 cm³/mol. The summed E-state index contributed by atoms with van der Waals surface area (Å²) in [5.41, 5.74) is 0. The number of hydrogen-bond donors (Lipinski definition) is 2. The molecule has 0 aromatic carbocycles. The van der Waals surface area contributed by atoms with E-state index in [1.54, 1.807) is 11.8 Å². The van der Waals surface area contributed by atoms with Crippen molar-refractivity contribution < 1.29 is 24.2 Å². The molecule has 1 saturated heterocycles. The number of carbonyl (C=O) groups is 3. The van der Waals surface area contributed by atoms with E-state index in [2.05, 4.69) is 5.32 Å². The Morgan fingerprint density at radius 3 is 2.39 bits per heavy atom. The molecule has 0 spiro atoms. The van der Waals surface area contributed by atoms with Crippen LogP contribution in [0.1, 0.15) is 60.8 Å². The summed E-state index contributed by atoms with van der Waals surface area (Å²) in [6.45, 7) is 11.6. The Labute approximate surface area is 186 Å². The van der Waals surface area contributed by atoms with Crippen LogP contribution in [0, 0.1) is 29.6 Å². The van der Waals surface area contributed by atoms with E-state index in [-0.39, 0.29) is 48.9 Å². The first-order valence-electron chi connectivity index (χ1n) is 11.8. The first kappa shape index (κ1) is 25.4. The molecule has 0 bridgehead atoms. The molecule has 1 aliphatic heterocycles. The van der Waals surface area contributed by atoms with Crippen molar-refractivity contribution in [1.82, 2.24) is 10.2 Å². The van der Waals surface area contributed by atoms with Crippen molar-refractivity contribution in [2.24, 2.45) is 29.6 Å². The summed E-state index contributed by atoms with van der Waals surface area (Å²) in [6, 6.07) is -1.30. The highest BCUT2D eigenvalue weighted by atomic mass is 16.5. The SMILES string of the molecule is CCC[C@@H]1C=C[C@H]2[C@H](C(=O)N([C@@H](CO)CC(C)C)[C@@H]2C(=O)NC(C)C)[C@@H]1C(=O)OCC. The molecule has 1 heterocycles. The first-order chi connectivity index (χ1) is 14.7. The van der Waals surface area contributed by atoms with Gasteiger partial charge < -0.3 is 20.1 Å². The van der Waals surface area contributed by atoms with Gasteiger partial charge in [0, 0.05) is 12.0 Å². The van der Waals surface area contributed by atoms with E-state index in [4.69, 9.17) is 4.74 Å². The largest absolute Gasteiger partial charge is 0.466 e. The van der Waals surface area contributed by atoms with Gasteiger partial charge in [-0.05, 0) is 45.4 Å². The second-order valence-electron chi connectivity index (χ2n) is 9.54. The molecular weight excluding hydrogens is 396 g/mol. The highest BCUT2D eigenvalue weighted by Gasteiger charge is 2.58. The molecule has 2 amide bonds. The standard InChI is InChI=1S/C24H40N2O5/c1-7-9-16-10-11-18-20(19(16)24(30)31-8-2)23(29)26(17(13-27)12-14(3)4)21(18)22(28)25-15(5)6/h10-11,14-21,27H,7-9,12-13H2,1-6H3,(H,25,28)/t16-,17-,18+,19-,20+,21+/m1/s1. The molecule has 7 nitrogen and oxygen atoms in total. The molecule has 2 rings (SSSR count). The van der Waals surface area contributed by atoms with Crippen LogP contribution >= 0.6 is 0 Å². The van der Waals surface area contributed by atoms with Crippen LogP contribution in [-0.4, -0.2) is 59.1 Å². The lowest BCUT2D eigenvalue weighted by Gasteiger charge is -2.34. The van der Waals surface area contributed by atoms with Crippen LogP contribution in [0.5, 0.6) is 0 Å². The van der Waals surface area contributed by atoms with Crippen LogP contribution < -0.4 is 5.32 Å². The van der Waals surface area contributed by atoms with E-state index < -0.39 is 29.8 Å². The number of aliphatic hydroxyl groups is 1. The van der Waals surface area contributed by atoms with Gasteiger partial charge in [0.2, 0.25) is 11.8 Å². The number of nitrogens with one attached hydrogen (secondary N) is 1. The number of hydrogen-bond acceptors (Lipinski definition) is 5. The van der Waals surface area contributed by atoms with E-state index in [0.29, 0.717) is 6.42 Å². The molecule has 31 heavy (non-hydrogen) atoms. The maximum atomic E-state index is 13.8. The van der Waals surface area contributed by atoms with Gasteiger partial charge in [-0.3, -0.25) is 14.4 Å². The minimum absolute atomic E-state index is 0.0811. The summed E-state index contributed by atoms with van der Waals surface area (Å²) in [7, 11) is 0. The molecule has 2 N–H and O–H groups in total. The third-order valence-corrected chi connectivity index (χ3v) is 6.28. The molecular formula is C24H40N2O5. The molecule has 176 valence electrons. The number of carbonyl (C=O) groups excluding carboxylic acids is 3. The van der Waals surface area contributed by atoms with Gasteiger partial charge in [-0.15, -0.1) is 0 Å². The first-order valence-corrected chi connectivity index (χ1v) is 11.8. The zero-order valence-electron chi connectivity index (χ0n) is 19.8. The van der Waals surface area contributed by atoms with E-state index in [0.717, 1.165) is 12.8 Å². The number of allylic oxidation sites excluding steroid dienone is 1. The predicted octanol–water partition coefficient (Wildman–Crippen LogP) is 2.53. The highest BCUT2D eigenvalue weighted by molar-refractivity contribution is 5.96. The van der Waals surface area contributed by atoms with E-state index in [1.807, 2.05) is 46.8 Å². The summed E-state index contributed by atoms with van der Waals surface area (Å²) < 4.78 is 5.37. The average molecular weight is 437 g/mol. The lowest BCUT2D eigenvalue weighted by Crippen LogP contribution is -2.53. The maximum absolute atomic E-state index is 13.8. The zero-order chi connectivity index (χ0) is 23.3. The van der Waals surface area contributed by atoms with Gasteiger partial charge >= 0.3 is 5.97 Å². The van der Waals surface area contributed by atoms with Crippen molar-refractivity contribution in [3.63, 3.8) is 0 Å². The number of ether oxygens (including phenoxy) is 1. The second-order valence-corrected chi connectivity index (χ2v) is 9.54. The van der Waals surface area contributed by atoms with Gasteiger partial charge in [0.1, 0.15) is 6.04 Å². The molecule has 0 aromatic rings. The summed E-state index contributed by atoms with van der Waals surface area (Å²) in [4.78, 5) is 41.6. The number of rotatable bonds is 10. The quantitative estimate of drug-likeness (QED) is 0.405. The molecule has 0 radical (unpaired) electrons. The molecule has 2 aliphatic rings. The fourth-order valence-corrected chi connectivity index (χ4v) is 5.20. The fraction of sp³-hybridized carbons (Fsp3) is 0.792. The summed E-state index contributed by atoms with van der Waals surface area (Å²) in [5.74, 6) is -2.37. The van der Waals surface area contributed by atoms with Gasteiger partial charge in [0.25, 0.3) is 0 Å². The van der Waals surface area contributed by atoms with Gasteiger partial charge in [0.05, 0.1) is 31.1 Å². The molecule has 1 aliphatic carbocycles. The van der Waals surface area contributed by atoms with E-state index >= 15 is 0 Å². The molecule has 0 unspecified atom stereocenters. The van der Waals surface area contributed by atoms with E-state index in [9.17, 15) is 19.5 Å². The summed E-state index contributed by atoms with van der Waals surface area (Å²) >= 11 is 0.